The lowest BCUT2D eigenvalue weighted by Crippen LogP contribution is -2.41. The van der Waals surface area contributed by atoms with Gasteiger partial charge in [-0.05, 0) is 54.5 Å². The Morgan fingerprint density at radius 1 is 0.929 bits per heavy atom. The minimum absolute atomic E-state index is 0.723. The van der Waals surface area contributed by atoms with Crippen LogP contribution in [-0.2, 0) is 0 Å². The number of benzene rings is 1. The molecule has 1 aromatic carbocycles. The zero-order valence-corrected chi connectivity index (χ0v) is 19.0. The number of aromatic nitrogens is 3. The lowest BCUT2D eigenvalue weighted by atomic mass is 9.95. The summed E-state index contributed by atoms with van der Waals surface area (Å²) in [5.41, 5.74) is 3.38. The predicted molar refractivity (Wildman–Crippen MR) is 121 cm³/mol. The van der Waals surface area contributed by atoms with Crippen molar-refractivity contribution >= 4 is 11.0 Å². The average Bonchev–Trinajstić information content (AvgIpc) is 3.12. The molecule has 0 amide bonds. The number of hydrogen-bond acceptors (Lipinski definition) is 3. The highest BCUT2D eigenvalue weighted by Gasteiger charge is 2.18. The van der Waals surface area contributed by atoms with Gasteiger partial charge in [-0.25, -0.2) is 0 Å². The Morgan fingerprint density at radius 2 is 1.61 bits per heavy atom. The summed E-state index contributed by atoms with van der Waals surface area (Å²) in [6.45, 7) is 13.5. The molecule has 0 aliphatic rings. The van der Waals surface area contributed by atoms with Crippen LogP contribution in [0.5, 0.6) is 0 Å². The van der Waals surface area contributed by atoms with Gasteiger partial charge in [-0.15, -0.1) is 5.10 Å². The van der Waals surface area contributed by atoms with Gasteiger partial charge in [0.15, 0.2) is 0 Å². The average molecular weight is 387 g/mol. The van der Waals surface area contributed by atoms with Crippen LogP contribution in [0.3, 0.4) is 0 Å². The van der Waals surface area contributed by atoms with E-state index in [1.54, 1.807) is 0 Å². The minimum Gasteiger partial charge on any atom is -0.295 e. The van der Waals surface area contributed by atoms with Crippen LogP contribution < -0.4 is 5.01 Å². The highest BCUT2D eigenvalue weighted by Crippen LogP contribution is 2.21. The van der Waals surface area contributed by atoms with E-state index in [2.05, 4.69) is 72.9 Å². The molecule has 0 aliphatic carbocycles. The third-order valence-electron chi connectivity index (χ3n) is 6.20. The first-order chi connectivity index (χ1) is 13.6. The zero-order valence-electron chi connectivity index (χ0n) is 19.0. The summed E-state index contributed by atoms with van der Waals surface area (Å²) in [6.07, 6.45) is 11.6. The maximum atomic E-state index is 4.56. The maximum Gasteiger partial charge on any atom is 0.115 e. The van der Waals surface area contributed by atoms with E-state index in [4.69, 9.17) is 0 Å². The van der Waals surface area contributed by atoms with Gasteiger partial charge in [-0.3, -0.25) is 5.01 Å². The summed E-state index contributed by atoms with van der Waals surface area (Å²) < 4.78 is 0. The van der Waals surface area contributed by atoms with Gasteiger partial charge in [0.2, 0.25) is 0 Å². The van der Waals surface area contributed by atoms with Crippen LogP contribution in [0.4, 0.5) is 0 Å². The van der Waals surface area contributed by atoms with Crippen molar-refractivity contribution < 1.29 is 0 Å². The number of nitrogens with zero attached hydrogens (tertiary/aromatic N) is 4. The van der Waals surface area contributed by atoms with E-state index in [0.717, 1.165) is 36.0 Å². The Hall–Kier alpha value is -1.58. The first-order valence-corrected chi connectivity index (χ1v) is 11.7. The van der Waals surface area contributed by atoms with Crippen LogP contribution in [0.25, 0.3) is 11.0 Å². The van der Waals surface area contributed by atoms with E-state index in [0.29, 0.717) is 0 Å². The number of unbranched alkanes of at least 4 members (excludes halogenated alkanes) is 2. The molecular formula is C24H42N4. The van der Waals surface area contributed by atoms with Gasteiger partial charge in [0.25, 0.3) is 0 Å². The highest BCUT2D eigenvalue weighted by molar-refractivity contribution is 5.75. The summed E-state index contributed by atoms with van der Waals surface area (Å²) in [4.78, 5) is 2.09. The van der Waals surface area contributed by atoms with Crippen molar-refractivity contribution in [1.29, 1.82) is 0 Å². The first kappa shape index (κ1) is 22.7. The number of hydrogen-bond donors (Lipinski definition) is 0. The molecular weight excluding hydrogens is 344 g/mol. The van der Waals surface area contributed by atoms with Gasteiger partial charge < -0.3 is 0 Å². The monoisotopic (exact) mass is 386 g/mol. The summed E-state index contributed by atoms with van der Waals surface area (Å²) in [5, 5.41) is 11.5. The Bertz CT molecular complexity index is 678. The molecule has 0 saturated heterocycles. The van der Waals surface area contributed by atoms with Crippen molar-refractivity contribution in [3.8, 4) is 0 Å². The van der Waals surface area contributed by atoms with Crippen molar-refractivity contribution in [3.63, 3.8) is 0 Å². The summed E-state index contributed by atoms with van der Waals surface area (Å²) in [7, 11) is 0. The van der Waals surface area contributed by atoms with Crippen molar-refractivity contribution in [3.05, 3.63) is 23.8 Å². The van der Waals surface area contributed by atoms with E-state index in [1.807, 2.05) is 0 Å². The lowest BCUT2D eigenvalue weighted by Gasteiger charge is -2.30. The molecule has 1 aromatic heterocycles. The molecule has 2 atom stereocenters. The molecule has 0 spiro atoms. The first-order valence-electron chi connectivity index (χ1n) is 11.7. The predicted octanol–water partition coefficient (Wildman–Crippen LogP) is 6.50. The molecule has 2 rings (SSSR count). The van der Waals surface area contributed by atoms with Crippen LogP contribution in [0.1, 0.15) is 91.0 Å². The molecule has 28 heavy (non-hydrogen) atoms. The second-order valence-corrected chi connectivity index (χ2v) is 8.51. The van der Waals surface area contributed by atoms with Gasteiger partial charge in [0.1, 0.15) is 11.0 Å². The molecule has 0 N–H and O–H groups in total. The third kappa shape index (κ3) is 6.49. The molecule has 0 radical (unpaired) electrons. The molecule has 1 heterocycles. The molecule has 0 saturated carbocycles. The van der Waals surface area contributed by atoms with Crippen LogP contribution in [0.2, 0.25) is 0 Å². The summed E-state index contributed by atoms with van der Waals surface area (Å²) in [6, 6.07) is 6.49. The molecule has 158 valence electrons. The van der Waals surface area contributed by atoms with Crippen LogP contribution in [0.15, 0.2) is 18.2 Å². The standard InChI is InChI=1S/C24H42N4/c1-6-10-12-21(8-3)16-17-27(19-22(9-4)13-11-7-2)28-24-15-14-20(5)18-23(24)25-26-28/h14-15,18,21-22H,6-13,16-17,19H2,1-5H3. The second kappa shape index (κ2) is 12.1. The summed E-state index contributed by atoms with van der Waals surface area (Å²) in [5.74, 6) is 1.54. The molecule has 2 aromatic rings. The summed E-state index contributed by atoms with van der Waals surface area (Å²) >= 11 is 0. The molecule has 0 aliphatic heterocycles. The Balaban J connectivity index is 2.19. The normalized spacial score (nSPS) is 13.8. The van der Waals surface area contributed by atoms with Crippen LogP contribution in [-0.4, -0.2) is 28.2 Å². The van der Waals surface area contributed by atoms with E-state index >= 15 is 0 Å². The third-order valence-corrected chi connectivity index (χ3v) is 6.20. The highest BCUT2D eigenvalue weighted by atomic mass is 15.7. The van der Waals surface area contributed by atoms with Gasteiger partial charge in [-0.1, -0.05) is 78.7 Å². The number of fused-ring (bicyclic) bond motifs is 1. The molecule has 0 fully saturated rings. The molecule has 2 unspecified atom stereocenters. The smallest absolute Gasteiger partial charge is 0.115 e. The van der Waals surface area contributed by atoms with E-state index < -0.39 is 0 Å². The lowest BCUT2D eigenvalue weighted by molar-refractivity contribution is 0.360. The second-order valence-electron chi connectivity index (χ2n) is 8.51. The molecule has 4 heteroatoms. The van der Waals surface area contributed by atoms with Crippen molar-refractivity contribution in [2.75, 3.05) is 18.1 Å². The van der Waals surface area contributed by atoms with Gasteiger partial charge in [0.05, 0.1) is 0 Å². The zero-order chi connectivity index (χ0) is 20.4. The van der Waals surface area contributed by atoms with E-state index in [9.17, 15) is 0 Å². The van der Waals surface area contributed by atoms with Crippen LogP contribution >= 0.6 is 0 Å². The van der Waals surface area contributed by atoms with E-state index in [1.165, 1.54) is 63.4 Å². The minimum atomic E-state index is 0.723. The van der Waals surface area contributed by atoms with Crippen molar-refractivity contribution in [2.45, 2.75) is 92.4 Å². The fraction of sp³-hybridized carbons (Fsp3) is 0.750. The van der Waals surface area contributed by atoms with Gasteiger partial charge in [0, 0.05) is 13.1 Å². The fourth-order valence-electron chi connectivity index (χ4n) is 4.09. The number of rotatable bonds is 14. The molecule has 4 nitrogen and oxygen atoms in total. The Kier molecular flexibility index (Phi) is 9.80. The van der Waals surface area contributed by atoms with Crippen molar-refractivity contribution in [2.24, 2.45) is 11.8 Å². The van der Waals surface area contributed by atoms with E-state index in [-0.39, 0.29) is 0 Å². The Morgan fingerprint density at radius 3 is 2.25 bits per heavy atom. The van der Waals surface area contributed by atoms with Gasteiger partial charge >= 0.3 is 0 Å². The SMILES string of the molecule is CCCCC(CC)CCN(CC(CC)CCCC)n1nnc2cc(C)ccc21. The topological polar surface area (TPSA) is 34.0 Å². The Labute approximate surface area is 172 Å². The molecule has 0 bridgehead atoms. The van der Waals surface area contributed by atoms with Crippen molar-refractivity contribution in [1.82, 2.24) is 15.1 Å². The fourth-order valence-corrected chi connectivity index (χ4v) is 4.09. The van der Waals surface area contributed by atoms with Crippen LogP contribution in [0, 0.1) is 18.8 Å². The van der Waals surface area contributed by atoms with Gasteiger partial charge in [-0.2, -0.15) is 4.79 Å². The largest absolute Gasteiger partial charge is 0.295 e. The number of aryl methyl sites for hydroxylation is 1. The quantitative estimate of drug-likeness (QED) is 0.371. The maximum absolute atomic E-state index is 4.56.